The fourth-order valence-electron chi connectivity index (χ4n) is 5.33. The van der Waals surface area contributed by atoms with Gasteiger partial charge in [-0.05, 0) is 111 Å². The predicted molar refractivity (Wildman–Crippen MR) is 173 cm³/mol. The smallest absolute Gasteiger partial charge is 0.274 e. The minimum atomic E-state index is -0.203. The van der Waals surface area contributed by atoms with Gasteiger partial charge in [-0.25, -0.2) is 0 Å². The standard InChI is InChI=1S/C33H34Cl2N4O3S/c1-21(37-32(40)30-20-36-17-16-29(30)22-4-3-5-25(35)18-22)6-7-23-19-31(43-28-14-8-24(34)9-15-28)38-39(33(23)41)26-10-12-27(42-2)13-11-26/h3-5,8-15,18-19,21,29-30,36H,6-7,16-17,20H2,1-2H3,(H,37,40)/t21-,29-,30+/m1/s1. The topological polar surface area (TPSA) is 85.2 Å². The second-order valence-corrected chi connectivity index (χ2v) is 12.7. The highest BCUT2D eigenvalue weighted by Gasteiger charge is 2.32. The van der Waals surface area contributed by atoms with Gasteiger partial charge in [0, 0.05) is 33.1 Å². The third-order valence-corrected chi connectivity index (χ3v) is 9.05. The Labute approximate surface area is 265 Å². The Morgan fingerprint density at radius 2 is 1.86 bits per heavy atom. The van der Waals surface area contributed by atoms with E-state index in [1.165, 1.54) is 16.4 Å². The third kappa shape index (κ3) is 8.00. The number of amides is 1. The van der Waals surface area contributed by atoms with Crippen molar-refractivity contribution in [3.05, 3.63) is 110 Å². The van der Waals surface area contributed by atoms with Gasteiger partial charge in [0.1, 0.15) is 10.8 Å². The van der Waals surface area contributed by atoms with Gasteiger partial charge in [-0.15, -0.1) is 0 Å². The van der Waals surface area contributed by atoms with Crippen molar-refractivity contribution < 1.29 is 9.53 Å². The van der Waals surface area contributed by atoms with Crippen LogP contribution in [0.4, 0.5) is 0 Å². The van der Waals surface area contributed by atoms with Crippen LogP contribution in [0.15, 0.2) is 93.6 Å². The summed E-state index contributed by atoms with van der Waals surface area (Å²) in [5, 5.41) is 13.2. The third-order valence-electron chi connectivity index (χ3n) is 7.65. The zero-order chi connectivity index (χ0) is 30.3. The van der Waals surface area contributed by atoms with Crippen LogP contribution < -0.4 is 20.9 Å². The molecule has 7 nitrogen and oxygen atoms in total. The molecule has 1 saturated heterocycles. The molecule has 0 spiro atoms. The normalized spacial score (nSPS) is 17.3. The van der Waals surface area contributed by atoms with E-state index in [0.29, 0.717) is 51.5 Å². The Kier molecular flexibility index (Phi) is 10.5. The number of nitrogens with zero attached hydrogens (tertiary/aromatic N) is 2. The van der Waals surface area contributed by atoms with Crippen molar-refractivity contribution in [2.75, 3.05) is 20.2 Å². The lowest BCUT2D eigenvalue weighted by molar-refractivity contribution is -0.126. The van der Waals surface area contributed by atoms with Crippen molar-refractivity contribution in [2.45, 2.75) is 48.1 Å². The van der Waals surface area contributed by atoms with E-state index in [9.17, 15) is 9.59 Å². The molecule has 43 heavy (non-hydrogen) atoms. The Bertz CT molecular complexity index is 1610. The summed E-state index contributed by atoms with van der Waals surface area (Å²) in [5.41, 5.74) is 2.16. The fourth-order valence-corrected chi connectivity index (χ4v) is 6.50. The number of hydrogen-bond donors (Lipinski definition) is 2. The second kappa shape index (κ2) is 14.4. The van der Waals surface area contributed by atoms with Gasteiger partial charge in [0.25, 0.3) is 5.56 Å². The van der Waals surface area contributed by atoms with Crippen LogP contribution in [0, 0.1) is 5.92 Å². The highest BCUT2D eigenvalue weighted by Crippen LogP contribution is 2.32. The molecule has 1 aliphatic rings. The molecule has 3 atom stereocenters. The lowest BCUT2D eigenvalue weighted by Crippen LogP contribution is -2.47. The molecule has 0 unspecified atom stereocenters. The first kappa shape index (κ1) is 31.1. The minimum Gasteiger partial charge on any atom is -0.497 e. The van der Waals surface area contributed by atoms with E-state index in [-0.39, 0.29) is 29.3 Å². The summed E-state index contributed by atoms with van der Waals surface area (Å²) in [6.07, 6.45) is 1.94. The first-order chi connectivity index (χ1) is 20.8. The van der Waals surface area contributed by atoms with Crippen LogP contribution in [0.2, 0.25) is 10.0 Å². The monoisotopic (exact) mass is 636 g/mol. The highest BCUT2D eigenvalue weighted by atomic mass is 35.5. The molecule has 0 saturated carbocycles. The average Bonchev–Trinajstić information content (AvgIpc) is 3.02. The van der Waals surface area contributed by atoms with Gasteiger partial charge in [0.2, 0.25) is 5.91 Å². The quantitative estimate of drug-likeness (QED) is 0.206. The van der Waals surface area contributed by atoms with E-state index in [2.05, 4.69) is 15.7 Å². The number of rotatable bonds is 10. The first-order valence-corrected chi connectivity index (χ1v) is 15.9. The molecule has 2 heterocycles. The molecular formula is C33H34Cl2N4O3S. The number of carbonyl (C=O) groups is 1. The lowest BCUT2D eigenvalue weighted by atomic mass is 9.80. The number of piperidine rings is 1. The van der Waals surface area contributed by atoms with Crippen LogP contribution in [0.3, 0.4) is 0 Å². The Hall–Kier alpha value is -3.30. The highest BCUT2D eigenvalue weighted by molar-refractivity contribution is 7.99. The minimum absolute atomic E-state index is 0.00836. The largest absolute Gasteiger partial charge is 0.497 e. The summed E-state index contributed by atoms with van der Waals surface area (Å²) >= 11 is 13.8. The van der Waals surface area contributed by atoms with Crippen LogP contribution in [-0.2, 0) is 11.2 Å². The second-order valence-electron chi connectivity index (χ2n) is 10.7. The zero-order valence-corrected chi connectivity index (χ0v) is 26.4. The fraction of sp³-hybridized carbons (Fsp3) is 0.303. The molecule has 1 amide bonds. The van der Waals surface area contributed by atoms with Crippen LogP contribution in [0.25, 0.3) is 5.69 Å². The van der Waals surface area contributed by atoms with Crippen LogP contribution >= 0.6 is 35.0 Å². The number of benzene rings is 3. The van der Waals surface area contributed by atoms with E-state index in [1.54, 1.807) is 19.2 Å². The van der Waals surface area contributed by atoms with Crippen molar-refractivity contribution in [3.8, 4) is 11.4 Å². The number of aromatic nitrogens is 2. The van der Waals surface area contributed by atoms with Crippen molar-refractivity contribution in [2.24, 2.45) is 5.92 Å². The zero-order valence-electron chi connectivity index (χ0n) is 24.1. The Balaban J connectivity index is 1.33. The summed E-state index contributed by atoms with van der Waals surface area (Å²) in [4.78, 5) is 28.0. The maximum atomic E-state index is 13.6. The molecule has 0 aliphatic carbocycles. The maximum absolute atomic E-state index is 13.6. The molecule has 0 bridgehead atoms. The number of hydrogen-bond acceptors (Lipinski definition) is 6. The van der Waals surface area contributed by atoms with Gasteiger partial charge in [-0.3, -0.25) is 9.59 Å². The van der Waals surface area contributed by atoms with Crippen LogP contribution in [0.1, 0.15) is 36.8 Å². The number of halogens is 2. The van der Waals surface area contributed by atoms with E-state index >= 15 is 0 Å². The number of methoxy groups -OCH3 is 1. The lowest BCUT2D eigenvalue weighted by Gasteiger charge is -2.32. The van der Waals surface area contributed by atoms with Gasteiger partial charge < -0.3 is 15.4 Å². The summed E-state index contributed by atoms with van der Waals surface area (Å²) in [6, 6.07) is 24.2. The van der Waals surface area contributed by atoms with Crippen molar-refractivity contribution in [1.29, 1.82) is 0 Å². The molecule has 224 valence electrons. The van der Waals surface area contributed by atoms with Crippen molar-refractivity contribution in [3.63, 3.8) is 0 Å². The Morgan fingerprint density at radius 3 is 2.58 bits per heavy atom. The van der Waals surface area contributed by atoms with Gasteiger partial charge in [-0.2, -0.15) is 9.78 Å². The number of ether oxygens (including phenoxy) is 1. The predicted octanol–water partition coefficient (Wildman–Crippen LogP) is 6.53. The number of nitrogens with one attached hydrogen (secondary N) is 2. The van der Waals surface area contributed by atoms with Gasteiger partial charge in [-0.1, -0.05) is 47.1 Å². The van der Waals surface area contributed by atoms with Crippen LogP contribution in [-0.4, -0.2) is 41.9 Å². The van der Waals surface area contributed by atoms with E-state index in [1.807, 2.05) is 73.7 Å². The summed E-state index contributed by atoms with van der Waals surface area (Å²) < 4.78 is 6.71. The van der Waals surface area contributed by atoms with Gasteiger partial charge >= 0.3 is 0 Å². The molecule has 4 aromatic rings. The summed E-state index contributed by atoms with van der Waals surface area (Å²) in [5.74, 6) is 0.592. The first-order valence-electron chi connectivity index (χ1n) is 14.3. The molecule has 10 heteroatoms. The van der Waals surface area contributed by atoms with Gasteiger partial charge in [0.05, 0.1) is 18.7 Å². The molecule has 1 aromatic heterocycles. The van der Waals surface area contributed by atoms with Crippen molar-refractivity contribution >= 4 is 40.9 Å². The molecule has 2 N–H and O–H groups in total. The molecule has 5 rings (SSSR count). The van der Waals surface area contributed by atoms with E-state index in [0.717, 1.165) is 23.4 Å². The number of carbonyl (C=O) groups excluding carboxylic acids is 1. The van der Waals surface area contributed by atoms with Crippen molar-refractivity contribution in [1.82, 2.24) is 20.4 Å². The molecule has 3 aromatic carbocycles. The van der Waals surface area contributed by atoms with Gasteiger partial charge in [0.15, 0.2) is 0 Å². The Morgan fingerprint density at radius 1 is 1.09 bits per heavy atom. The molecular weight excluding hydrogens is 603 g/mol. The van der Waals surface area contributed by atoms with E-state index < -0.39 is 0 Å². The average molecular weight is 638 g/mol. The molecule has 1 aliphatic heterocycles. The summed E-state index contributed by atoms with van der Waals surface area (Å²) in [6.45, 7) is 3.45. The SMILES string of the molecule is COc1ccc(-n2nc(Sc3ccc(Cl)cc3)cc(CC[C@@H](C)NC(=O)[C@H]3CNCC[C@@H]3c3cccc(Cl)c3)c2=O)cc1. The molecule has 1 fully saturated rings. The van der Waals surface area contributed by atoms with E-state index in [4.69, 9.17) is 27.9 Å². The number of aryl methyl sites for hydroxylation is 1. The summed E-state index contributed by atoms with van der Waals surface area (Å²) in [7, 11) is 1.60. The van der Waals surface area contributed by atoms with Crippen LogP contribution in [0.5, 0.6) is 5.75 Å². The molecule has 0 radical (unpaired) electrons. The maximum Gasteiger partial charge on any atom is 0.274 e.